The number of nitrogens with one attached hydrogen (secondary N) is 1. The molecule has 0 bridgehead atoms. The molecule has 1 aromatic heterocycles. The first-order valence-corrected chi connectivity index (χ1v) is 12.5. The van der Waals surface area contributed by atoms with Gasteiger partial charge in [0, 0.05) is 11.8 Å². The average molecular weight is 529 g/mol. The van der Waals surface area contributed by atoms with Crippen LogP contribution in [0.5, 0.6) is 11.5 Å². The second kappa shape index (κ2) is 9.20. The van der Waals surface area contributed by atoms with E-state index < -0.39 is 56.5 Å². The van der Waals surface area contributed by atoms with E-state index in [1.165, 1.54) is 18.2 Å². The van der Waals surface area contributed by atoms with Gasteiger partial charge in [-0.1, -0.05) is 0 Å². The Morgan fingerprint density at radius 1 is 1.25 bits per heavy atom. The van der Waals surface area contributed by atoms with Crippen LogP contribution in [0.3, 0.4) is 0 Å². The van der Waals surface area contributed by atoms with E-state index in [0.717, 1.165) is 6.20 Å². The third-order valence-corrected chi connectivity index (χ3v) is 7.09. The molecule has 0 radical (unpaired) electrons. The second-order valence-electron chi connectivity index (χ2n) is 8.44. The number of nitrogens with zero attached hydrogens (tertiary/aromatic N) is 2. The van der Waals surface area contributed by atoms with Crippen molar-refractivity contribution in [3.8, 4) is 11.5 Å². The van der Waals surface area contributed by atoms with E-state index >= 15 is 8.78 Å². The van der Waals surface area contributed by atoms with E-state index in [1.807, 2.05) is 0 Å². The summed E-state index contributed by atoms with van der Waals surface area (Å²) in [5.41, 5.74) is -0.897. The summed E-state index contributed by atoms with van der Waals surface area (Å²) in [6.07, 6.45) is -4.97. The Balaban J connectivity index is 1.32. The minimum absolute atomic E-state index is 0.163. The molecule has 4 heterocycles. The number of amides is 1. The van der Waals surface area contributed by atoms with Gasteiger partial charge in [-0.3, -0.25) is 22.9 Å². The molecule has 2 fully saturated rings. The molecule has 0 saturated carbocycles. The number of halogens is 2. The van der Waals surface area contributed by atoms with Crippen molar-refractivity contribution in [3.05, 3.63) is 46.5 Å². The van der Waals surface area contributed by atoms with Gasteiger partial charge < -0.3 is 19.5 Å². The largest absolute Gasteiger partial charge is 0.486 e. The van der Waals surface area contributed by atoms with Crippen LogP contribution in [0, 0.1) is 0 Å². The molecule has 12 nitrogen and oxygen atoms in total. The van der Waals surface area contributed by atoms with Crippen molar-refractivity contribution in [2.75, 3.05) is 25.1 Å². The third kappa shape index (κ3) is 4.62. The number of alkyl halides is 2. The lowest BCUT2D eigenvalue weighted by molar-refractivity contribution is -0.139. The summed E-state index contributed by atoms with van der Waals surface area (Å²) in [5, 5.41) is 2.44. The molecule has 1 aromatic carbocycles. The van der Waals surface area contributed by atoms with Crippen LogP contribution in [0.15, 0.2) is 35.3 Å². The molecule has 5 rings (SSSR count). The number of hydrogen-bond acceptors (Lipinski definition) is 10. The van der Waals surface area contributed by atoms with Gasteiger partial charge in [0.05, 0.1) is 12.7 Å². The molecule has 36 heavy (non-hydrogen) atoms. The van der Waals surface area contributed by atoms with Gasteiger partial charge in [0.25, 0.3) is 5.91 Å². The van der Waals surface area contributed by atoms with Crippen molar-refractivity contribution in [1.29, 1.82) is 0 Å². The predicted octanol–water partition coefficient (Wildman–Crippen LogP) is 2.75. The molecule has 2 unspecified atom stereocenters. The molecule has 0 spiro atoms. The van der Waals surface area contributed by atoms with Gasteiger partial charge in [0.2, 0.25) is 6.23 Å². The monoisotopic (exact) mass is 529 g/mol. The zero-order chi connectivity index (χ0) is 25.7. The van der Waals surface area contributed by atoms with Gasteiger partial charge >= 0.3 is 19.4 Å². The molecule has 3 aliphatic heterocycles. The van der Waals surface area contributed by atoms with Crippen LogP contribution in [0.25, 0.3) is 0 Å². The molecule has 1 N–H and O–H groups in total. The minimum atomic E-state index is -4.24. The number of carbonyl (C=O) groups is 1. The predicted molar refractivity (Wildman–Crippen MR) is 117 cm³/mol. The first-order chi connectivity index (χ1) is 17.1. The Morgan fingerprint density at radius 3 is 2.72 bits per heavy atom. The molecule has 194 valence electrons. The topological polar surface area (TPSA) is 136 Å². The van der Waals surface area contributed by atoms with Crippen molar-refractivity contribution in [1.82, 2.24) is 9.55 Å². The SMILES string of the molecule is CC(C)OP1(=O)OC[C@H]2OC(n3ccc(NC(=O)c4ccc5c(c4)OCCO5)nc3=O)C(F)(F)[C@@H]2O1. The van der Waals surface area contributed by atoms with Crippen LogP contribution in [0.4, 0.5) is 14.6 Å². The van der Waals surface area contributed by atoms with Gasteiger partial charge in [-0.2, -0.15) is 13.8 Å². The van der Waals surface area contributed by atoms with Crippen molar-refractivity contribution in [2.45, 2.75) is 44.3 Å². The number of rotatable bonds is 5. The van der Waals surface area contributed by atoms with Gasteiger partial charge in [0.1, 0.15) is 25.1 Å². The summed E-state index contributed by atoms with van der Waals surface area (Å²) in [4.78, 5) is 28.9. The smallest absolute Gasteiger partial charge is 0.475 e. The van der Waals surface area contributed by atoms with Gasteiger partial charge in [-0.15, -0.1) is 0 Å². The van der Waals surface area contributed by atoms with Crippen LogP contribution < -0.4 is 20.5 Å². The molecule has 3 aliphatic rings. The highest BCUT2D eigenvalue weighted by atomic mass is 31.2. The van der Waals surface area contributed by atoms with Crippen molar-refractivity contribution in [2.24, 2.45) is 0 Å². The Hall–Kier alpha value is -2.90. The second-order valence-corrected chi connectivity index (χ2v) is 10.0. The zero-order valence-electron chi connectivity index (χ0n) is 19.1. The first-order valence-electron chi connectivity index (χ1n) is 11.0. The van der Waals surface area contributed by atoms with Crippen LogP contribution in [0.2, 0.25) is 0 Å². The Morgan fingerprint density at radius 2 is 2.00 bits per heavy atom. The van der Waals surface area contributed by atoms with Crippen molar-refractivity contribution >= 4 is 19.5 Å². The van der Waals surface area contributed by atoms with Crippen LogP contribution in [0.1, 0.15) is 30.4 Å². The molecule has 0 aliphatic carbocycles. The lowest BCUT2D eigenvalue weighted by atomic mass is 10.1. The first kappa shape index (κ1) is 24.8. The van der Waals surface area contributed by atoms with E-state index in [9.17, 15) is 14.2 Å². The maximum Gasteiger partial charge on any atom is 0.475 e. The summed E-state index contributed by atoms with van der Waals surface area (Å²) in [6.45, 7) is 3.35. The quantitative estimate of drug-likeness (QED) is 0.576. The highest BCUT2D eigenvalue weighted by Crippen LogP contribution is 2.60. The fraction of sp³-hybridized carbons (Fsp3) is 0.476. The Bertz CT molecular complexity index is 1290. The van der Waals surface area contributed by atoms with E-state index in [-0.39, 0.29) is 11.4 Å². The zero-order valence-corrected chi connectivity index (χ0v) is 20.0. The number of carbonyl (C=O) groups excluding carboxylic acids is 1. The summed E-state index contributed by atoms with van der Waals surface area (Å²) in [5.74, 6) is -3.64. The molecule has 2 saturated heterocycles. The number of phosphoric ester groups is 1. The molecular weight excluding hydrogens is 507 g/mol. The van der Waals surface area contributed by atoms with Crippen LogP contribution in [-0.2, 0) is 22.9 Å². The summed E-state index contributed by atoms with van der Waals surface area (Å²) in [7, 11) is -4.24. The van der Waals surface area contributed by atoms with E-state index in [0.29, 0.717) is 29.3 Å². The number of aromatic nitrogens is 2. The Labute approximate surface area is 203 Å². The lowest BCUT2D eigenvalue weighted by Crippen LogP contribution is -2.45. The number of anilines is 1. The summed E-state index contributed by atoms with van der Waals surface area (Å²) >= 11 is 0. The number of hydrogen-bond donors (Lipinski definition) is 1. The number of fused-ring (bicyclic) bond motifs is 2. The maximum absolute atomic E-state index is 15.2. The van der Waals surface area contributed by atoms with E-state index in [2.05, 4.69) is 10.3 Å². The molecule has 1 amide bonds. The van der Waals surface area contributed by atoms with Gasteiger partial charge in [-0.25, -0.2) is 9.36 Å². The average Bonchev–Trinajstić information content (AvgIpc) is 3.07. The summed E-state index contributed by atoms with van der Waals surface area (Å²) in [6, 6.07) is 5.72. The van der Waals surface area contributed by atoms with Gasteiger partial charge in [-0.05, 0) is 38.1 Å². The molecule has 15 heteroatoms. The fourth-order valence-corrected chi connectivity index (χ4v) is 5.49. The number of benzene rings is 1. The highest BCUT2D eigenvalue weighted by molar-refractivity contribution is 7.48. The summed E-state index contributed by atoms with van der Waals surface area (Å²) < 4.78 is 74.8. The van der Waals surface area contributed by atoms with Crippen molar-refractivity contribution in [3.63, 3.8) is 0 Å². The van der Waals surface area contributed by atoms with E-state index in [1.54, 1.807) is 19.9 Å². The standard InChI is InChI=1S/C21H22F2N3O9P/c1-11(2)34-36(29)32-10-15-17(35-36)21(22,23)19(33-15)26-6-5-16(25-20(26)28)24-18(27)12-3-4-13-14(9-12)31-8-7-30-13/h3-6,9,11,15,17,19H,7-8,10H2,1-2H3,(H,24,25,27,28)/t15-,17-,19?,36?/m1/s1. The normalized spacial score (nSPS) is 28.5. The fourth-order valence-electron chi connectivity index (χ4n) is 3.91. The van der Waals surface area contributed by atoms with Crippen molar-refractivity contribution < 1.29 is 45.9 Å². The maximum atomic E-state index is 15.2. The number of ether oxygens (including phenoxy) is 3. The molecule has 2 aromatic rings. The van der Waals surface area contributed by atoms with Crippen LogP contribution >= 0.6 is 7.82 Å². The van der Waals surface area contributed by atoms with E-state index in [4.69, 9.17) is 27.8 Å². The highest BCUT2D eigenvalue weighted by Gasteiger charge is 2.65. The molecule has 4 atom stereocenters. The third-order valence-electron chi connectivity index (χ3n) is 5.46. The minimum Gasteiger partial charge on any atom is -0.486 e. The lowest BCUT2D eigenvalue weighted by Gasteiger charge is -2.32. The number of phosphoric acid groups is 1. The van der Waals surface area contributed by atoms with Gasteiger partial charge in [0.15, 0.2) is 17.6 Å². The molecular formula is C21H22F2N3O9P. The van der Waals surface area contributed by atoms with Crippen LogP contribution in [-0.4, -0.2) is 59.5 Å². The Kier molecular flexibility index (Phi) is 6.33.